The molecule has 0 bridgehead atoms. The molecule has 0 saturated heterocycles. The normalized spacial score (nSPS) is 17.1. The number of hydrogen-bond donors (Lipinski definition) is 1. The molecular weight excluding hydrogens is 360 g/mol. The Balaban J connectivity index is 1.66. The second-order valence-electron chi connectivity index (χ2n) is 7.25. The lowest BCUT2D eigenvalue weighted by Gasteiger charge is -2.32. The third-order valence-corrected chi connectivity index (χ3v) is 5.74. The van der Waals surface area contributed by atoms with Crippen molar-refractivity contribution in [3.05, 3.63) is 29.3 Å². The van der Waals surface area contributed by atoms with E-state index in [0.29, 0.717) is 24.0 Å². The number of nitriles is 1. The molecule has 1 heterocycles. The van der Waals surface area contributed by atoms with Crippen LogP contribution in [-0.2, 0) is 4.79 Å². The number of benzene rings is 1. The van der Waals surface area contributed by atoms with Gasteiger partial charge in [0.15, 0.2) is 0 Å². The highest BCUT2D eigenvalue weighted by Gasteiger charge is 2.35. The van der Waals surface area contributed by atoms with Crippen molar-refractivity contribution in [2.24, 2.45) is 0 Å². The van der Waals surface area contributed by atoms with Gasteiger partial charge in [0.05, 0.1) is 11.3 Å². The predicted molar refractivity (Wildman–Crippen MR) is 104 cm³/mol. The number of nitrogens with zero attached hydrogens (tertiary/aromatic N) is 3. The first-order valence-electron chi connectivity index (χ1n) is 9.23. The van der Waals surface area contributed by atoms with Crippen molar-refractivity contribution in [3.8, 4) is 17.5 Å². The summed E-state index contributed by atoms with van der Waals surface area (Å²) in [6, 6.07) is 8.37. The van der Waals surface area contributed by atoms with E-state index in [-0.39, 0.29) is 5.91 Å². The third kappa shape index (κ3) is 4.69. The quantitative estimate of drug-likeness (QED) is 0.778. The number of nitrogens with one attached hydrogen (secondary N) is 1. The van der Waals surface area contributed by atoms with Crippen LogP contribution in [0.4, 0.5) is 0 Å². The largest absolute Gasteiger partial charge is 0.411 e. The Morgan fingerprint density at radius 1 is 1.22 bits per heavy atom. The molecular formula is C20H24N4O2S. The van der Waals surface area contributed by atoms with Crippen LogP contribution in [0.3, 0.4) is 0 Å². The van der Waals surface area contributed by atoms with E-state index >= 15 is 0 Å². The minimum atomic E-state index is -0.733. The van der Waals surface area contributed by atoms with Crippen molar-refractivity contribution in [1.29, 1.82) is 5.26 Å². The number of amides is 1. The summed E-state index contributed by atoms with van der Waals surface area (Å²) >= 11 is 1.21. The Bertz CT molecular complexity index is 845. The van der Waals surface area contributed by atoms with E-state index in [4.69, 9.17) is 4.42 Å². The fourth-order valence-electron chi connectivity index (χ4n) is 3.43. The maximum atomic E-state index is 12.6. The van der Waals surface area contributed by atoms with Gasteiger partial charge in [0, 0.05) is 5.56 Å². The maximum Gasteiger partial charge on any atom is 0.277 e. The Morgan fingerprint density at radius 2 is 1.89 bits per heavy atom. The van der Waals surface area contributed by atoms with Gasteiger partial charge < -0.3 is 9.73 Å². The number of aryl methyl sites for hydroxylation is 2. The third-order valence-electron chi connectivity index (χ3n) is 4.81. The molecule has 1 atom stereocenters. The maximum absolute atomic E-state index is 12.6. The molecule has 6 nitrogen and oxygen atoms in total. The fraction of sp³-hybridized carbons (Fsp3) is 0.500. The first kappa shape index (κ1) is 19.4. The van der Waals surface area contributed by atoms with Crippen LogP contribution in [0.15, 0.2) is 27.8 Å². The van der Waals surface area contributed by atoms with Gasteiger partial charge >= 0.3 is 0 Å². The van der Waals surface area contributed by atoms with Crippen LogP contribution < -0.4 is 5.32 Å². The van der Waals surface area contributed by atoms with Crippen molar-refractivity contribution in [2.75, 3.05) is 0 Å². The van der Waals surface area contributed by atoms with E-state index < -0.39 is 10.8 Å². The average Bonchev–Trinajstić information content (AvgIpc) is 3.10. The van der Waals surface area contributed by atoms with Crippen molar-refractivity contribution < 1.29 is 9.21 Å². The molecule has 1 fully saturated rings. The van der Waals surface area contributed by atoms with Crippen LogP contribution in [0.1, 0.15) is 50.2 Å². The summed E-state index contributed by atoms with van der Waals surface area (Å²) in [4.78, 5) is 12.6. The van der Waals surface area contributed by atoms with Gasteiger partial charge in [0.25, 0.3) is 5.22 Å². The van der Waals surface area contributed by atoms with E-state index in [9.17, 15) is 10.1 Å². The average molecular weight is 385 g/mol. The summed E-state index contributed by atoms with van der Waals surface area (Å²) in [6.45, 7) is 5.82. The molecule has 1 aliphatic rings. The monoisotopic (exact) mass is 384 g/mol. The summed E-state index contributed by atoms with van der Waals surface area (Å²) in [6.07, 6.45) is 4.48. The smallest absolute Gasteiger partial charge is 0.277 e. The highest BCUT2D eigenvalue weighted by atomic mass is 32.2. The van der Waals surface area contributed by atoms with Crippen LogP contribution in [0.5, 0.6) is 0 Å². The lowest BCUT2D eigenvalue weighted by molar-refractivity contribution is -0.122. The van der Waals surface area contributed by atoms with Gasteiger partial charge in [0.1, 0.15) is 5.54 Å². The van der Waals surface area contributed by atoms with Crippen LogP contribution in [0.25, 0.3) is 11.5 Å². The molecule has 7 heteroatoms. The van der Waals surface area contributed by atoms with Crippen molar-refractivity contribution in [1.82, 2.24) is 15.5 Å². The summed E-state index contributed by atoms with van der Waals surface area (Å²) in [7, 11) is 0. The number of hydrogen-bond acceptors (Lipinski definition) is 6. The Morgan fingerprint density at radius 3 is 2.52 bits per heavy atom. The van der Waals surface area contributed by atoms with Gasteiger partial charge in [-0.25, -0.2) is 0 Å². The van der Waals surface area contributed by atoms with Crippen molar-refractivity contribution in [3.63, 3.8) is 0 Å². The van der Waals surface area contributed by atoms with Gasteiger partial charge in [0.2, 0.25) is 11.8 Å². The summed E-state index contributed by atoms with van der Waals surface area (Å²) in [5, 5.41) is 20.6. The van der Waals surface area contributed by atoms with E-state index in [1.807, 2.05) is 26.0 Å². The molecule has 0 spiro atoms. The van der Waals surface area contributed by atoms with Gasteiger partial charge in [-0.2, -0.15) is 5.26 Å². The van der Waals surface area contributed by atoms with Gasteiger partial charge in [-0.3, -0.25) is 4.79 Å². The zero-order chi connectivity index (χ0) is 19.4. The molecule has 27 heavy (non-hydrogen) atoms. The fourth-order valence-corrected chi connectivity index (χ4v) is 4.12. The number of carbonyl (C=O) groups excluding carboxylic acids is 1. The van der Waals surface area contributed by atoms with Crippen molar-refractivity contribution in [2.45, 2.75) is 68.9 Å². The topological polar surface area (TPSA) is 91.8 Å². The highest BCUT2D eigenvalue weighted by Crippen LogP contribution is 2.30. The zero-order valence-corrected chi connectivity index (χ0v) is 16.7. The Hall–Kier alpha value is -2.33. The van der Waals surface area contributed by atoms with Gasteiger partial charge in [-0.05, 0) is 45.7 Å². The summed E-state index contributed by atoms with van der Waals surface area (Å²) < 4.78 is 5.74. The van der Waals surface area contributed by atoms with Crippen molar-refractivity contribution >= 4 is 17.7 Å². The Labute approximate surface area is 163 Å². The lowest BCUT2D eigenvalue weighted by Crippen LogP contribution is -2.50. The summed E-state index contributed by atoms with van der Waals surface area (Å²) in [5.41, 5.74) is 2.39. The van der Waals surface area contributed by atoms with E-state index in [1.54, 1.807) is 6.92 Å². The molecule has 1 N–H and O–H groups in total. The second kappa shape index (κ2) is 8.13. The molecule has 1 aromatic carbocycles. The number of aromatic nitrogens is 2. The molecule has 3 rings (SSSR count). The molecule has 142 valence electrons. The van der Waals surface area contributed by atoms with Gasteiger partial charge in [-0.15, -0.1) is 10.2 Å². The van der Waals surface area contributed by atoms with Crippen LogP contribution in [0, 0.1) is 25.2 Å². The molecule has 1 aliphatic carbocycles. The van der Waals surface area contributed by atoms with Gasteiger partial charge in [-0.1, -0.05) is 48.2 Å². The standard InChI is InChI=1S/C20H24N4O2S/c1-13-9-14(2)11-16(10-13)18-23-24-19(26-18)27-15(3)17(25)22-20(12-21)7-5-4-6-8-20/h9-11,15H,4-8H2,1-3H3,(H,22,25)/t15-/m1/s1. The summed E-state index contributed by atoms with van der Waals surface area (Å²) in [5.74, 6) is 0.271. The number of rotatable bonds is 5. The Kier molecular flexibility index (Phi) is 5.85. The van der Waals surface area contributed by atoms with E-state index in [1.165, 1.54) is 11.8 Å². The molecule has 0 aliphatic heterocycles. The molecule has 1 aromatic heterocycles. The predicted octanol–water partition coefficient (Wildman–Crippen LogP) is 4.18. The molecule has 0 unspecified atom stereocenters. The molecule has 2 aromatic rings. The SMILES string of the molecule is Cc1cc(C)cc(-c2nnc(S[C@H](C)C(=O)NC3(C#N)CCCCC3)o2)c1. The minimum absolute atomic E-state index is 0.172. The van der Waals surface area contributed by atoms with E-state index in [2.05, 4.69) is 27.6 Å². The lowest BCUT2D eigenvalue weighted by atomic mass is 9.83. The van der Waals surface area contributed by atoms with E-state index in [0.717, 1.165) is 36.0 Å². The van der Waals surface area contributed by atoms with Crippen LogP contribution >= 0.6 is 11.8 Å². The van der Waals surface area contributed by atoms with Crippen LogP contribution in [0.2, 0.25) is 0 Å². The van der Waals surface area contributed by atoms with Crippen LogP contribution in [-0.4, -0.2) is 26.9 Å². The molecule has 1 amide bonds. The zero-order valence-electron chi connectivity index (χ0n) is 15.9. The first-order chi connectivity index (χ1) is 12.9. The number of carbonyl (C=O) groups is 1. The highest BCUT2D eigenvalue weighted by molar-refractivity contribution is 8.00. The first-order valence-corrected chi connectivity index (χ1v) is 10.1. The molecule has 1 saturated carbocycles. The molecule has 0 radical (unpaired) electrons. The minimum Gasteiger partial charge on any atom is -0.411 e. The number of thioether (sulfide) groups is 1. The second-order valence-corrected chi connectivity index (χ2v) is 8.55.